The second-order valence-electron chi connectivity index (χ2n) is 7.15. The van der Waals surface area contributed by atoms with E-state index < -0.39 is 29.1 Å². The molecule has 2 N–H and O–H groups in total. The zero-order chi connectivity index (χ0) is 25.2. The Morgan fingerprint density at radius 2 is 1.94 bits per heavy atom. The Balaban J connectivity index is 0.00000235. The van der Waals surface area contributed by atoms with Crippen LogP contribution in [0.25, 0.3) is 0 Å². The molecule has 0 saturated carbocycles. The Bertz CT molecular complexity index is 887. The van der Waals surface area contributed by atoms with Crippen LogP contribution in [-0.2, 0) is 16.0 Å². The number of hydrogen-bond acceptors (Lipinski definition) is 7. The Labute approximate surface area is 192 Å². The van der Waals surface area contributed by atoms with E-state index in [2.05, 4.69) is 10.1 Å². The number of Topliss-reactive ketones (excluding diaryl/α,β-unsaturated/α-hetero) is 1. The number of hydrogen-bond donors (Lipinski definition) is 2. The van der Waals surface area contributed by atoms with E-state index in [0.29, 0.717) is 31.5 Å². The van der Waals surface area contributed by atoms with E-state index in [9.17, 15) is 23.5 Å². The van der Waals surface area contributed by atoms with Gasteiger partial charge in [-0.25, -0.2) is 13.6 Å². The first-order valence-electron chi connectivity index (χ1n) is 10.5. The van der Waals surface area contributed by atoms with Crippen LogP contribution in [0.5, 0.6) is 5.75 Å². The smallest absolute Gasteiger partial charge is 0.351 e. The lowest BCUT2D eigenvalue weighted by Gasteiger charge is -2.05. The van der Waals surface area contributed by atoms with Gasteiger partial charge in [0.1, 0.15) is 17.1 Å². The zero-order valence-corrected chi connectivity index (χ0v) is 19.5. The van der Waals surface area contributed by atoms with Crippen LogP contribution in [0.15, 0.2) is 50.9 Å². The molecule has 33 heavy (non-hydrogen) atoms. The van der Waals surface area contributed by atoms with Crippen LogP contribution in [0.1, 0.15) is 62.1 Å². The summed E-state index contributed by atoms with van der Waals surface area (Å²) in [6.07, 6.45) is 7.24. The van der Waals surface area contributed by atoms with Crippen molar-refractivity contribution in [3.63, 3.8) is 0 Å². The predicted octanol–water partition coefficient (Wildman–Crippen LogP) is 4.70. The van der Waals surface area contributed by atoms with Crippen LogP contribution in [-0.4, -0.2) is 37.9 Å². The maximum Gasteiger partial charge on any atom is 0.351 e. The first-order chi connectivity index (χ1) is 15.7. The number of carbonyl (C=O) groups excluding carboxylic acids is 2. The molecule has 0 aromatic carbocycles. The molecule has 0 spiro atoms. The maximum absolute atomic E-state index is 12.5. The van der Waals surface area contributed by atoms with Gasteiger partial charge in [0.15, 0.2) is 5.78 Å². The quantitative estimate of drug-likeness (QED) is 0.142. The third kappa shape index (κ3) is 13.0. The molecule has 184 valence electrons. The van der Waals surface area contributed by atoms with Gasteiger partial charge in [-0.3, -0.25) is 9.59 Å². The third-order valence-electron chi connectivity index (χ3n) is 4.35. The number of rotatable bonds is 13. The van der Waals surface area contributed by atoms with Crippen LogP contribution < -0.4 is 10.9 Å². The number of unbranched alkanes of at least 4 members (excludes halogenated alkanes) is 1. The molecule has 0 atom stereocenters. The first kappa shape index (κ1) is 29.8. The molecular weight excluding hydrogens is 436 g/mol. The van der Waals surface area contributed by atoms with Crippen LogP contribution in [0, 0.1) is 0 Å². The summed E-state index contributed by atoms with van der Waals surface area (Å²) in [5.74, 6) is -0.716. The maximum atomic E-state index is 12.5. The van der Waals surface area contributed by atoms with Crippen LogP contribution in [0.3, 0.4) is 0 Å². The van der Waals surface area contributed by atoms with Crippen molar-refractivity contribution in [1.82, 2.24) is 5.32 Å². The van der Waals surface area contributed by atoms with Crippen molar-refractivity contribution in [2.24, 2.45) is 0 Å². The molecule has 7 nitrogen and oxygen atoms in total. The Hall–Kier alpha value is -3.23. The lowest BCUT2D eigenvalue weighted by atomic mass is 10.0. The molecule has 1 aromatic heterocycles. The highest BCUT2D eigenvalue weighted by Gasteiger charge is 2.20. The fraction of sp³-hybridized carbons (Fsp3) is 0.458. The number of nitrogens with one attached hydrogen (secondary N) is 1. The molecule has 1 aromatic rings. The normalized spacial score (nSPS) is 11.8. The van der Waals surface area contributed by atoms with Gasteiger partial charge in [0, 0.05) is 26.0 Å². The summed E-state index contributed by atoms with van der Waals surface area (Å²) >= 11 is 0. The van der Waals surface area contributed by atoms with Crippen molar-refractivity contribution in [1.29, 1.82) is 0 Å². The summed E-state index contributed by atoms with van der Waals surface area (Å²) in [5.41, 5.74) is -0.190. The number of halogens is 2. The average molecular weight is 470 g/mol. The topological polar surface area (TPSA) is 106 Å². The van der Waals surface area contributed by atoms with Crippen molar-refractivity contribution in [2.45, 2.75) is 58.8 Å². The van der Waals surface area contributed by atoms with Crippen molar-refractivity contribution in [3.05, 3.63) is 63.4 Å². The van der Waals surface area contributed by atoms with Crippen molar-refractivity contribution >= 4 is 12.3 Å². The Morgan fingerprint density at radius 3 is 2.48 bits per heavy atom. The fourth-order valence-corrected chi connectivity index (χ4v) is 2.61. The lowest BCUT2D eigenvalue weighted by molar-refractivity contribution is -0.126. The molecule has 1 rings (SSSR count). The number of methoxy groups -OCH3 is 1. The van der Waals surface area contributed by atoms with Gasteiger partial charge in [-0.05, 0) is 51.3 Å². The molecule has 0 amide bonds. The number of aromatic hydroxyl groups is 1. The Kier molecular flexibility index (Phi) is 15.6. The number of carbonyl (C=O) groups is 2. The second kappa shape index (κ2) is 17.3. The molecule has 0 aliphatic rings. The minimum absolute atomic E-state index is 0.167. The summed E-state index contributed by atoms with van der Waals surface area (Å²) in [5, 5.41) is 13.0. The highest BCUT2D eigenvalue weighted by atomic mass is 19.3. The van der Waals surface area contributed by atoms with Gasteiger partial charge in [0.05, 0.1) is 7.11 Å². The lowest BCUT2D eigenvalue weighted by Crippen LogP contribution is -2.16. The van der Waals surface area contributed by atoms with E-state index in [1.807, 2.05) is 6.08 Å². The molecule has 0 aliphatic heterocycles. The molecule has 0 radical (unpaired) electrons. The summed E-state index contributed by atoms with van der Waals surface area (Å²) in [4.78, 5) is 33.7. The summed E-state index contributed by atoms with van der Waals surface area (Å²) < 4.78 is 33.4. The van der Waals surface area contributed by atoms with Crippen LogP contribution in [0.2, 0.25) is 0 Å². The molecule has 9 heteroatoms. The van der Waals surface area contributed by atoms with E-state index in [1.54, 1.807) is 26.2 Å². The van der Waals surface area contributed by atoms with E-state index >= 15 is 0 Å². The van der Waals surface area contributed by atoms with Gasteiger partial charge in [-0.15, -0.1) is 0 Å². The molecule has 1 heterocycles. The second-order valence-corrected chi connectivity index (χ2v) is 7.15. The van der Waals surface area contributed by atoms with Crippen molar-refractivity contribution in [2.75, 3.05) is 14.2 Å². The SMILES string of the molecule is CN/C=C/CCCc1cc(O)c(C(=O)/C(C)=C/C=C(\C)CCCC(F)F)c(=O)o1.COC=O. The molecule has 0 saturated heterocycles. The number of alkyl halides is 2. The Morgan fingerprint density at radius 1 is 1.27 bits per heavy atom. The summed E-state index contributed by atoms with van der Waals surface area (Å²) in [6, 6.07) is 1.30. The van der Waals surface area contributed by atoms with E-state index in [-0.39, 0.29) is 12.0 Å². The predicted molar refractivity (Wildman–Crippen MR) is 123 cm³/mol. The number of allylic oxidation sites excluding steroid dienone is 5. The van der Waals surface area contributed by atoms with Crippen molar-refractivity contribution < 1.29 is 32.6 Å². The minimum atomic E-state index is -2.32. The van der Waals surface area contributed by atoms with E-state index in [1.165, 1.54) is 26.2 Å². The standard InChI is InChI=1S/C22H29F2NO4.C2H4O2/c1-15(8-7-10-19(23)24)11-12-16(2)21(27)20-18(26)14-17(29-22(20)28)9-5-4-6-13-25-3;1-4-2-3/h6,11-14,19,25-26H,4-5,7-10H2,1-3H3;2H,1H3/b13-6+,15-11+,16-12+;. The number of aryl methyl sites for hydroxylation is 1. The van der Waals surface area contributed by atoms with Crippen LogP contribution >= 0.6 is 0 Å². The van der Waals surface area contributed by atoms with E-state index in [4.69, 9.17) is 9.21 Å². The van der Waals surface area contributed by atoms with Crippen LogP contribution in [0.4, 0.5) is 8.78 Å². The average Bonchev–Trinajstić information content (AvgIpc) is 2.76. The zero-order valence-electron chi connectivity index (χ0n) is 19.5. The third-order valence-corrected chi connectivity index (χ3v) is 4.35. The highest BCUT2D eigenvalue weighted by Crippen LogP contribution is 2.20. The number of ketones is 1. The van der Waals surface area contributed by atoms with Crippen molar-refractivity contribution in [3.8, 4) is 5.75 Å². The molecule has 0 aliphatic carbocycles. The monoisotopic (exact) mass is 469 g/mol. The first-order valence-corrected chi connectivity index (χ1v) is 10.5. The molecular formula is C24H33F2NO6. The van der Waals surface area contributed by atoms with Gasteiger partial charge in [0.2, 0.25) is 6.43 Å². The summed E-state index contributed by atoms with van der Waals surface area (Å²) in [7, 11) is 3.11. The molecule has 0 fully saturated rings. The van der Waals surface area contributed by atoms with Gasteiger partial charge >= 0.3 is 5.63 Å². The van der Waals surface area contributed by atoms with Gasteiger partial charge in [0.25, 0.3) is 6.47 Å². The summed E-state index contributed by atoms with van der Waals surface area (Å²) in [6.45, 7) is 3.68. The minimum Gasteiger partial charge on any atom is -0.507 e. The number of ether oxygens (including phenoxy) is 1. The van der Waals surface area contributed by atoms with Gasteiger partial charge in [-0.1, -0.05) is 23.8 Å². The van der Waals surface area contributed by atoms with Gasteiger partial charge in [-0.2, -0.15) is 0 Å². The highest BCUT2D eigenvalue weighted by molar-refractivity contribution is 6.09. The largest absolute Gasteiger partial charge is 0.507 e. The molecule has 0 unspecified atom stereocenters. The van der Waals surface area contributed by atoms with Gasteiger partial charge < -0.3 is 19.6 Å². The fourth-order valence-electron chi connectivity index (χ4n) is 2.61. The van der Waals surface area contributed by atoms with E-state index in [0.717, 1.165) is 18.4 Å². The molecule has 0 bridgehead atoms.